The summed E-state index contributed by atoms with van der Waals surface area (Å²) in [5, 5.41) is 3.57. The predicted octanol–water partition coefficient (Wildman–Crippen LogP) is 2.78. The average Bonchev–Trinajstić information content (AvgIpc) is 2.36. The highest BCUT2D eigenvalue weighted by molar-refractivity contribution is 5.20. The first-order valence-corrected chi connectivity index (χ1v) is 7.24. The van der Waals surface area contributed by atoms with Crippen LogP contribution in [0.4, 0.5) is 0 Å². The molecule has 0 amide bonds. The average molecular weight is 263 g/mol. The van der Waals surface area contributed by atoms with Gasteiger partial charge in [-0.1, -0.05) is 51.1 Å². The second-order valence-electron chi connectivity index (χ2n) is 5.45. The lowest BCUT2D eigenvalue weighted by molar-refractivity contribution is -0.170. The predicted molar refractivity (Wildman–Crippen MR) is 77.2 cm³/mol. The van der Waals surface area contributed by atoms with E-state index in [1.54, 1.807) is 0 Å². The highest BCUT2D eigenvalue weighted by atomic mass is 16.6. The molecule has 1 aliphatic heterocycles. The molecule has 19 heavy (non-hydrogen) atoms. The fourth-order valence-electron chi connectivity index (χ4n) is 2.44. The third-order valence-corrected chi connectivity index (χ3v) is 3.53. The fraction of sp³-hybridized carbons (Fsp3) is 0.625. The zero-order valence-electron chi connectivity index (χ0n) is 12.1. The van der Waals surface area contributed by atoms with Crippen molar-refractivity contribution in [3.05, 3.63) is 35.9 Å². The third-order valence-electron chi connectivity index (χ3n) is 3.53. The highest BCUT2D eigenvalue weighted by Gasteiger charge is 2.31. The molecule has 0 aliphatic carbocycles. The maximum atomic E-state index is 6.23. The van der Waals surface area contributed by atoms with Gasteiger partial charge in [-0.25, -0.2) is 0 Å². The molecule has 2 atom stereocenters. The van der Waals surface area contributed by atoms with Gasteiger partial charge >= 0.3 is 0 Å². The second kappa shape index (κ2) is 7.04. The summed E-state index contributed by atoms with van der Waals surface area (Å²) in [4.78, 5) is 0. The van der Waals surface area contributed by atoms with Crippen molar-refractivity contribution >= 4 is 0 Å². The molecule has 1 aromatic carbocycles. The van der Waals surface area contributed by atoms with Gasteiger partial charge in [-0.05, 0) is 18.0 Å². The number of ether oxygens (including phenoxy) is 2. The van der Waals surface area contributed by atoms with Crippen LogP contribution >= 0.6 is 0 Å². The highest BCUT2D eigenvalue weighted by Crippen LogP contribution is 2.27. The van der Waals surface area contributed by atoms with E-state index in [9.17, 15) is 0 Å². The first kappa shape index (κ1) is 14.5. The Kier molecular flexibility index (Phi) is 5.37. The quantitative estimate of drug-likeness (QED) is 0.820. The van der Waals surface area contributed by atoms with Crippen molar-refractivity contribution in [3.8, 4) is 0 Å². The molecule has 1 N–H and O–H groups in total. The van der Waals surface area contributed by atoms with E-state index in [-0.39, 0.29) is 18.2 Å². The van der Waals surface area contributed by atoms with E-state index in [2.05, 4.69) is 56.4 Å². The molecule has 0 saturated carbocycles. The lowest BCUT2D eigenvalue weighted by Gasteiger charge is -2.37. The normalized spacial score (nSPS) is 19.2. The van der Waals surface area contributed by atoms with Crippen molar-refractivity contribution in [1.29, 1.82) is 0 Å². The zero-order chi connectivity index (χ0) is 13.7. The Balaban J connectivity index is 2.13. The van der Waals surface area contributed by atoms with E-state index >= 15 is 0 Å². The first-order chi connectivity index (χ1) is 9.22. The number of likely N-dealkylation sites (N-methyl/N-ethyl adjacent to an activating group) is 1. The smallest absolute Gasteiger partial charge is 0.105 e. The molecular weight excluding hydrogens is 238 g/mol. The van der Waals surface area contributed by atoms with Gasteiger partial charge in [0.05, 0.1) is 25.4 Å². The zero-order valence-corrected chi connectivity index (χ0v) is 12.1. The van der Waals surface area contributed by atoms with Crippen LogP contribution in [0.3, 0.4) is 0 Å². The van der Waals surface area contributed by atoms with Crippen molar-refractivity contribution in [3.63, 3.8) is 0 Å². The van der Waals surface area contributed by atoms with E-state index in [1.807, 2.05) is 0 Å². The van der Waals surface area contributed by atoms with Crippen LogP contribution in [0.15, 0.2) is 30.3 Å². The van der Waals surface area contributed by atoms with E-state index in [1.165, 1.54) is 5.56 Å². The summed E-state index contributed by atoms with van der Waals surface area (Å²) in [6.07, 6.45) is 0.438. The second-order valence-corrected chi connectivity index (χ2v) is 5.45. The van der Waals surface area contributed by atoms with Crippen LogP contribution in [-0.2, 0) is 9.47 Å². The molecule has 1 fully saturated rings. The summed E-state index contributed by atoms with van der Waals surface area (Å²) in [6, 6.07) is 10.8. The van der Waals surface area contributed by atoms with Crippen molar-refractivity contribution < 1.29 is 9.47 Å². The van der Waals surface area contributed by atoms with Crippen molar-refractivity contribution in [2.75, 3.05) is 19.8 Å². The van der Waals surface area contributed by atoms with Crippen molar-refractivity contribution in [1.82, 2.24) is 5.32 Å². The van der Waals surface area contributed by atoms with E-state index in [0.29, 0.717) is 5.92 Å². The first-order valence-electron chi connectivity index (χ1n) is 7.24. The van der Waals surface area contributed by atoms with E-state index in [0.717, 1.165) is 19.8 Å². The summed E-state index contributed by atoms with van der Waals surface area (Å²) in [6.45, 7) is 8.98. The largest absolute Gasteiger partial charge is 0.376 e. The Hall–Kier alpha value is -0.900. The molecule has 106 valence electrons. The van der Waals surface area contributed by atoms with Crippen LogP contribution in [0, 0.1) is 5.92 Å². The van der Waals surface area contributed by atoms with Gasteiger partial charge in [0.15, 0.2) is 0 Å². The Morgan fingerprint density at radius 2 is 1.95 bits per heavy atom. The molecule has 3 heteroatoms. The van der Waals surface area contributed by atoms with E-state index in [4.69, 9.17) is 9.47 Å². The maximum Gasteiger partial charge on any atom is 0.105 e. The fourth-order valence-corrected chi connectivity index (χ4v) is 2.44. The van der Waals surface area contributed by atoms with Crippen molar-refractivity contribution in [2.24, 2.45) is 5.92 Å². The lowest BCUT2D eigenvalue weighted by Crippen LogP contribution is -2.45. The molecule has 2 unspecified atom stereocenters. The third kappa shape index (κ3) is 3.78. The van der Waals surface area contributed by atoms with Crippen LogP contribution in [0.5, 0.6) is 0 Å². The number of rotatable bonds is 7. The maximum absolute atomic E-state index is 6.23. The van der Waals surface area contributed by atoms with Gasteiger partial charge in [-0.15, -0.1) is 0 Å². The van der Waals surface area contributed by atoms with Gasteiger partial charge < -0.3 is 14.8 Å². The van der Waals surface area contributed by atoms with Crippen LogP contribution in [-0.4, -0.2) is 32.0 Å². The molecule has 2 rings (SSSR count). The summed E-state index contributed by atoms with van der Waals surface area (Å²) in [7, 11) is 0. The molecule has 0 spiro atoms. The monoisotopic (exact) mass is 263 g/mol. The Morgan fingerprint density at radius 1 is 1.26 bits per heavy atom. The minimum absolute atomic E-state index is 0.177. The molecule has 1 heterocycles. The standard InChI is InChI=1S/C16H25NO2/c1-4-17-15(13-8-6-5-7-9-13)16(12(2)3)19-14-10-18-11-14/h5-9,12,14-17H,4,10-11H2,1-3H3. The molecule has 3 nitrogen and oxygen atoms in total. The molecule has 1 aliphatic rings. The summed E-state index contributed by atoms with van der Waals surface area (Å²) >= 11 is 0. The SMILES string of the molecule is CCNC(c1ccccc1)C(OC1COC1)C(C)C. The van der Waals surface area contributed by atoms with Gasteiger partial charge in [-0.2, -0.15) is 0 Å². The van der Waals surface area contributed by atoms with Crippen LogP contribution in [0.1, 0.15) is 32.4 Å². The minimum Gasteiger partial charge on any atom is -0.376 e. The van der Waals surface area contributed by atoms with Gasteiger partial charge in [0, 0.05) is 0 Å². The van der Waals surface area contributed by atoms with Gasteiger partial charge in [0.2, 0.25) is 0 Å². The number of nitrogens with one attached hydrogen (secondary N) is 1. The molecular formula is C16H25NO2. The number of benzene rings is 1. The number of hydrogen-bond acceptors (Lipinski definition) is 3. The van der Waals surface area contributed by atoms with E-state index < -0.39 is 0 Å². The molecule has 0 bridgehead atoms. The summed E-state index contributed by atoms with van der Waals surface area (Å²) in [5.41, 5.74) is 1.29. The van der Waals surface area contributed by atoms with Gasteiger partial charge in [0.1, 0.15) is 6.10 Å². The van der Waals surface area contributed by atoms with Crippen LogP contribution < -0.4 is 5.32 Å². The minimum atomic E-state index is 0.177. The van der Waals surface area contributed by atoms with Gasteiger partial charge in [-0.3, -0.25) is 0 Å². The lowest BCUT2D eigenvalue weighted by atomic mass is 9.93. The summed E-state index contributed by atoms with van der Waals surface area (Å²) in [5.74, 6) is 0.463. The Morgan fingerprint density at radius 3 is 2.42 bits per heavy atom. The topological polar surface area (TPSA) is 30.5 Å². The van der Waals surface area contributed by atoms with Gasteiger partial charge in [0.25, 0.3) is 0 Å². The Labute approximate surface area is 116 Å². The molecule has 0 aromatic heterocycles. The van der Waals surface area contributed by atoms with Crippen LogP contribution in [0.25, 0.3) is 0 Å². The van der Waals surface area contributed by atoms with Crippen molar-refractivity contribution in [2.45, 2.75) is 39.0 Å². The number of hydrogen-bond donors (Lipinski definition) is 1. The molecule has 1 saturated heterocycles. The molecule has 1 aromatic rings. The molecule has 0 radical (unpaired) electrons. The summed E-state index contributed by atoms with van der Waals surface area (Å²) < 4.78 is 11.4. The Bertz CT molecular complexity index is 362. The van der Waals surface area contributed by atoms with Crippen LogP contribution in [0.2, 0.25) is 0 Å².